The van der Waals surface area contributed by atoms with Crippen molar-refractivity contribution in [3.63, 3.8) is 0 Å². The number of benzene rings is 2. The Labute approximate surface area is 196 Å². The van der Waals surface area contributed by atoms with E-state index >= 15 is 0 Å². The molecule has 4 nitrogen and oxygen atoms in total. The number of anilines is 2. The third-order valence-corrected chi connectivity index (χ3v) is 6.59. The summed E-state index contributed by atoms with van der Waals surface area (Å²) in [6, 6.07) is 17.5. The number of nitrogens with zero attached hydrogens (tertiary/aromatic N) is 4. The Morgan fingerprint density at radius 3 is 2.13 bits per heavy atom. The summed E-state index contributed by atoms with van der Waals surface area (Å²) in [6.45, 7) is 0. The zero-order valence-electron chi connectivity index (χ0n) is 18.6. The lowest BCUT2D eigenvalue weighted by Crippen LogP contribution is -2.29. The molecule has 0 saturated heterocycles. The molecule has 0 N–H and O–H groups in total. The van der Waals surface area contributed by atoms with E-state index in [0.29, 0.717) is 10.2 Å². The van der Waals surface area contributed by atoms with E-state index in [1.54, 1.807) is 0 Å². The third kappa shape index (κ3) is 4.51. The van der Waals surface area contributed by atoms with Gasteiger partial charge in [0, 0.05) is 45.5 Å². The van der Waals surface area contributed by atoms with E-state index in [0.717, 1.165) is 19.3 Å². The van der Waals surface area contributed by atoms with Gasteiger partial charge < -0.3 is 9.80 Å². The van der Waals surface area contributed by atoms with Crippen molar-refractivity contribution in [2.24, 2.45) is 11.0 Å². The predicted molar refractivity (Wildman–Crippen MR) is 140 cm³/mol. The topological polar surface area (TPSA) is 22.1 Å². The van der Waals surface area contributed by atoms with E-state index in [-0.39, 0.29) is 6.04 Å². The first-order chi connectivity index (χ1) is 14.8. The molecule has 2 aliphatic rings. The Balaban J connectivity index is 1.66. The lowest BCUT2D eigenvalue weighted by Gasteiger charge is -2.30. The first-order valence-corrected chi connectivity index (χ1v) is 11.6. The maximum absolute atomic E-state index is 5.48. The smallest absolute Gasteiger partial charge is 0.154 e. The first kappa shape index (κ1) is 21.9. The van der Waals surface area contributed by atoms with E-state index in [9.17, 15) is 0 Å². The van der Waals surface area contributed by atoms with Crippen molar-refractivity contribution in [2.45, 2.75) is 25.3 Å². The van der Waals surface area contributed by atoms with Gasteiger partial charge in [-0.3, -0.25) is 0 Å². The Hall–Kier alpha value is -2.31. The summed E-state index contributed by atoms with van der Waals surface area (Å²) < 4.78 is 0.526. The Morgan fingerprint density at radius 1 is 1.00 bits per heavy atom. The van der Waals surface area contributed by atoms with Crippen LogP contribution in [0.15, 0.2) is 59.2 Å². The van der Waals surface area contributed by atoms with Crippen molar-refractivity contribution < 1.29 is 0 Å². The van der Waals surface area contributed by atoms with Crippen LogP contribution >= 0.6 is 24.8 Å². The van der Waals surface area contributed by atoms with Crippen LogP contribution in [-0.4, -0.2) is 43.2 Å². The minimum absolute atomic E-state index is 0.107. The molecule has 2 aromatic rings. The predicted octanol–water partition coefficient (Wildman–Crippen LogP) is 5.63. The van der Waals surface area contributed by atoms with Crippen LogP contribution in [0.4, 0.5) is 11.4 Å². The molecule has 162 valence electrons. The van der Waals surface area contributed by atoms with E-state index < -0.39 is 0 Å². The van der Waals surface area contributed by atoms with E-state index in [4.69, 9.17) is 17.3 Å². The molecule has 2 aromatic carbocycles. The lowest BCUT2D eigenvalue weighted by atomic mass is 9.77. The fourth-order valence-electron chi connectivity index (χ4n) is 4.53. The fraction of sp³-hybridized carbons (Fsp3) is 0.360. The highest BCUT2D eigenvalue weighted by molar-refractivity contribution is 8.10. The number of fused-ring (bicyclic) bond motifs is 1. The quantitative estimate of drug-likeness (QED) is 0.481. The second-order valence-electron chi connectivity index (χ2n) is 8.70. The Morgan fingerprint density at radius 2 is 1.58 bits per heavy atom. The van der Waals surface area contributed by atoms with Crippen molar-refractivity contribution >= 4 is 52.3 Å². The standard InChI is InChI=1S/C25H30N4S2/c1-27(2)20-12-8-17(9-13-20)16-19-6-5-7-22-23(19)26-29(25(30)31)24(22)18-10-14-21(15-11-18)28(3)4/h8-16,22,24H,5-7H2,1-4H3,(H,30,31)/b19-16+/t22-,24+/m0/s1. The van der Waals surface area contributed by atoms with Crippen LogP contribution in [0, 0.1) is 5.92 Å². The molecule has 6 heteroatoms. The van der Waals surface area contributed by atoms with Crippen LogP contribution in [0.25, 0.3) is 6.08 Å². The maximum atomic E-state index is 5.48. The molecule has 31 heavy (non-hydrogen) atoms. The van der Waals surface area contributed by atoms with Crippen molar-refractivity contribution in [3.05, 3.63) is 65.2 Å². The lowest BCUT2D eigenvalue weighted by molar-refractivity contribution is 0.312. The molecule has 0 aromatic heterocycles. The zero-order chi connectivity index (χ0) is 22.1. The van der Waals surface area contributed by atoms with Crippen LogP contribution in [0.1, 0.15) is 36.4 Å². The molecule has 0 amide bonds. The average molecular weight is 451 g/mol. The number of rotatable bonds is 4. The number of hydrogen-bond donors (Lipinski definition) is 1. The van der Waals surface area contributed by atoms with Gasteiger partial charge in [-0.1, -0.05) is 36.5 Å². The molecule has 4 rings (SSSR count). The molecule has 1 aliphatic heterocycles. The van der Waals surface area contributed by atoms with Crippen molar-refractivity contribution in [3.8, 4) is 0 Å². The van der Waals surface area contributed by atoms with E-state index in [1.807, 2.05) is 5.01 Å². The van der Waals surface area contributed by atoms with Crippen LogP contribution in [0.3, 0.4) is 0 Å². The van der Waals surface area contributed by atoms with Gasteiger partial charge in [-0.05, 0) is 66.3 Å². The van der Waals surface area contributed by atoms with Crippen LogP contribution in [0.2, 0.25) is 0 Å². The number of hydrogen-bond acceptors (Lipinski definition) is 4. The summed E-state index contributed by atoms with van der Waals surface area (Å²) in [5, 5.41) is 6.94. The van der Waals surface area contributed by atoms with Crippen molar-refractivity contribution in [1.29, 1.82) is 0 Å². The van der Waals surface area contributed by atoms with Crippen molar-refractivity contribution in [1.82, 2.24) is 5.01 Å². The Kier molecular flexibility index (Phi) is 6.39. The minimum atomic E-state index is 0.107. The fourth-order valence-corrected chi connectivity index (χ4v) is 4.85. The van der Waals surface area contributed by atoms with Gasteiger partial charge in [0.25, 0.3) is 0 Å². The summed E-state index contributed by atoms with van der Waals surface area (Å²) in [6.07, 6.45) is 5.61. The van der Waals surface area contributed by atoms with Gasteiger partial charge in [-0.2, -0.15) is 5.10 Å². The second-order valence-corrected chi connectivity index (χ2v) is 9.81. The molecule has 1 heterocycles. The number of allylic oxidation sites excluding steroid dienone is 1. The monoisotopic (exact) mass is 450 g/mol. The van der Waals surface area contributed by atoms with Gasteiger partial charge in [-0.25, -0.2) is 5.01 Å². The molecule has 0 bridgehead atoms. The normalized spacial score (nSPS) is 21.6. The Bertz CT molecular complexity index is 1010. The molecule has 1 saturated carbocycles. The van der Waals surface area contributed by atoms with Gasteiger partial charge in [0.1, 0.15) is 0 Å². The highest BCUT2D eigenvalue weighted by Gasteiger charge is 2.42. The summed E-state index contributed by atoms with van der Waals surface area (Å²) in [5.41, 5.74) is 7.32. The molecule has 2 atom stereocenters. The van der Waals surface area contributed by atoms with Gasteiger partial charge in [-0.15, -0.1) is 12.6 Å². The molecule has 0 unspecified atom stereocenters. The van der Waals surface area contributed by atoms with E-state index in [2.05, 4.69) is 105 Å². The summed E-state index contributed by atoms with van der Waals surface area (Å²) in [5.74, 6) is 0.330. The number of thiol groups is 1. The largest absolute Gasteiger partial charge is 0.378 e. The highest BCUT2D eigenvalue weighted by atomic mass is 32.1. The molecule has 0 spiro atoms. The van der Waals surface area contributed by atoms with Crippen molar-refractivity contribution in [2.75, 3.05) is 38.0 Å². The zero-order valence-corrected chi connectivity index (χ0v) is 20.3. The van der Waals surface area contributed by atoms with Gasteiger partial charge in [0.05, 0.1) is 11.8 Å². The molecule has 1 fully saturated rings. The van der Waals surface area contributed by atoms with E-state index in [1.165, 1.54) is 33.8 Å². The van der Waals surface area contributed by atoms with Crippen LogP contribution in [0.5, 0.6) is 0 Å². The minimum Gasteiger partial charge on any atom is -0.378 e. The molecule has 1 aliphatic carbocycles. The SMILES string of the molecule is CN(C)c1ccc(/C=C2\CCC[C@H]3C2=NN(C(=S)S)[C@@H]3c2ccc(N(C)C)cc2)cc1. The highest BCUT2D eigenvalue weighted by Crippen LogP contribution is 2.45. The summed E-state index contributed by atoms with van der Waals surface area (Å²) in [4.78, 5) is 4.23. The van der Waals surface area contributed by atoms with Crippen LogP contribution in [-0.2, 0) is 0 Å². The molecule has 0 radical (unpaired) electrons. The van der Waals surface area contributed by atoms with Crippen LogP contribution < -0.4 is 9.80 Å². The van der Waals surface area contributed by atoms with Gasteiger partial charge in [0.15, 0.2) is 4.32 Å². The van der Waals surface area contributed by atoms with Gasteiger partial charge in [0.2, 0.25) is 0 Å². The summed E-state index contributed by atoms with van der Waals surface area (Å²) >= 11 is 9.99. The third-order valence-electron chi connectivity index (χ3n) is 6.20. The summed E-state index contributed by atoms with van der Waals surface area (Å²) in [7, 11) is 8.24. The first-order valence-electron chi connectivity index (χ1n) is 10.7. The molecular weight excluding hydrogens is 420 g/mol. The maximum Gasteiger partial charge on any atom is 0.154 e. The number of hydrazone groups is 1. The van der Waals surface area contributed by atoms with Gasteiger partial charge >= 0.3 is 0 Å². The second kappa shape index (κ2) is 9.05. The average Bonchev–Trinajstić information content (AvgIpc) is 3.15. The number of thiocarbonyl (C=S) groups is 1. The molecular formula is C25H30N4S2.